The molecule has 1 aromatic rings. The molecule has 1 nitrogen and oxygen atoms in total. The predicted molar refractivity (Wildman–Crippen MR) is 64.6 cm³/mol. The third-order valence-corrected chi connectivity index (χ3v) is 1.61. The molecule has 0 saturated heterocycles. The molecule has 0 aliphatic heterocycles. The summed E-state index contributed by atoms with van der Waals surface area (Å²) in [5.41, 5.74) is -1.16. The number of carbonyl (C=O) groups excluding carboxylic acids is 1. The van der Waals surface area contributed by atoms with Gasteiger partial charge in [-0.1, -0.05) is 32.0 Å². The summed E-state index contributed by atoms with van der Waals surface area (Å²) in [6.45, 7) is 5.12. The molecule has 0 unspecified atom stereocenters. The summed E-state index contributed by atoms with van der Waals surface area (Å²) in [5, 5.41) is 0. The van der Waals surface area contributed by atoms with Gasteiger partial charge in [0.2, 0.25) is 0 Å². The van der Waals surface area contributed by atoms with Crippen molar-refractivity contribution in [3.8, 4) is 0 Å². The number of alkyl halides is 4. The van der Waals surface area contributed by atoms with E-state index in [1.807, 2.05) is 13.8 Å². The Balaban J connectivity index is 0. The Kier molecular flexibility index (Phi) is 9.76. The molecule has 17 heavy (non-hydrogen) atoms. The Hall–Kier alpha value is -1.03. The maximum atomic E-state index is 12.3. The summed E-state index contributed by atoms with van der Waals surface area (Å²) in [7, 11) is 0. The van der Waals surface area contributed by atoms with Crippen LogP contribution in [-0.4, -0.2) is 12.2 Å². The minimum atomic E-state index is -4.46. The average Bonchev–Trinajstić information content (AvgIpc) is 2.33. The number of carbonyl (C=O) groups is 1. The van der Waals surface area contributed by atoms with Crippen molar-refractivity contribution >= 4 is 17.4 Å². The zero-order valence-electron chi connectivity index (χ0n) is 10.2. The molecule has 1 aromatic carbocycles. The van der Waals surface area contributed by atoms with Gasteiger partial charge in [0.1, 0.15) is 0 Å². The summed E-state index contributed by atoms with van der Waals surface area (Å²) >= 11 is 4.64. The van der Waals surface area contributed by atoms with E-state index in [-0.39, 0.29) is 5.56 Å². The molecule has 0 aliphatic carbocycles. The van der Waals surface area contributed by atoms with Crippen LogP contribution in [0.1, 0.15) is 36.7 Å². The maximum absolute atomic E-state index is 12.3. The zero-order valence-corrected chi connectivity index (χ0v) is 11.0. The Morgan fingerprint density at radius 1 is 1.12 bits per heavy atom. The van der Waals surface area contributed by atoms with Gasteiger partial charge in [0.05, 0.1) is 5.56 Å². The van der Waals surface area contributed by atoms with Crippen molar-refractivity contribution in [1.82, 2.24) is 0 Å². The summed E-state index contributed by atoms with van der Waals surface area (Å²) in [4.78, 5) is 10.8. The van der Waals surface area contributed by atoms with Crippen LogP contribution in [0.2, 0.25) is 0 Å². The van der Waals surface area contributed by atoms with E-state index in [0.29, 0.717) is 0 Å². The first-order chi connectivity index (χ1) is 7.93. The number of benzene rings is 1. The van der Waals surface area contributed by atoms with Crippen LogP contribution in [0.25, 0.3) is 0 Å². The Labute approximate surface area is 105 Å². The van der Waals surface area contributed by atoms with Crippen molar-refractivity contribution < 1.29 is 18.0 Å². The third-order valence-electron chi connectivity index (χ3n) is 1.61. The molecule has 0 aromatic heterocycles. The van der Waals surface area contributed by atoms with E-state index < -0.39 is 17.5 Å². The lowest BCUT2D eigenvalue weighted by Gasteiger charge is -2.09. The summed E-state index contributed by atoms with van der Waals surface area (Å²) in [5.74, 6) is -0.576. The second-order valence-electron chi connectivity index (χ2n) is 2.60. The van der Waals surface area contributed by atoms with Crippen molar-refractivity contribution in [2.24, 2.45) is 0 Å². The van der Waals surface area contributed by atoms with E-state index in [0.717, 1.165) is 13.0 Å². The molecule has 0 amide bonds. The van der Waals surface area contributed by atoms with E-state index >= 15 is 0 Å². The van der Waals surface area contributed by atoms with E-state index in [1.54, 1.807) is 0 Å². The van der Waals surface area contributed by atoms with Gasteiger partial charge in [-0.15, -0.1) is 11.6 Å². The quantitative estimate of drug-likeness (QED) is 0.529. The molecule has 0 atom stereocenters. The van der Waals surface area contributed by atoms with E-state index in [4.69, 9.17) is 0 Å². The molecule has 5 heteroatoms. The van der Waals surface area contributed by atoms with Gasteiger partial charge in [-0.2, -0.15) is 13.2 Å². The van der Waals surface area contributed by atoms with Gasteiger partial charge in [0.15, 0.2) is 5.78 Å². The maximum Gasteiger partial charge on any atom is 0.417 e. The number of Topliss-reactive ketones (excluding diaryl/α,β-unsaturated/α-hetero) is 1. The molecule has 98 valence electrons. The number of hydrogen-bond acceptors (Lipinski definition) is 1. The van der Waals surface area contributed by atoms with Gasteiger partial charge in [-0.05, 0) is 13.0 Å². The monoisotopic (exact) mass is 268 g/mol. The van der Waals surface area contributed by atoms with Crippen molar-refractivity contribution in [3.05, 3.63) is 35.4 Å². The molecular formula is C12H16ClF3O. The van der Waals surface area contributed by atoms with Crippen molar-refractivity contribution in [2.75, 3.05) is 6.38 Å². The average molecular weight is 269 g/mol. The largest absolute Gasteiger partial charge is 0.417 e. The first-order valence-electron chi connectivity index (χ1n) is 4.98. The fourth-order valence-corrected chi connectivity index (χ4v) is 1.04. The lowest BCUT2D eigenvalue weighted by molar-refractivity contribution is -0.137. The number of ketones is 1. The molecule has 0 aliphatic rings. The highest BCUT2D eigenvalue weighted by molar-refractivity contribution is 6.15. The smallest absolute Gasteiger partial charge is 0.294 e. The van der Waals surface area contributed by atoms with Crippen LogP contribution in [-0.2, 0) is 6.18 Å². The highest BCUT2D eigenvalue weighted by Gasteiger charge is 2.33. The van der Waals surface area contributed by atoms with Crippen LogP contribution in [0.5, 0.6) is 0 Å². The number of rotatable bonds is 1. The van der Waals surface area contributed by atoms with Crippen LogP contribution in [0.15, 0.2) is 24.3 Å². The Morgan fingerprint density at radius 3 is 1.82 bits per heavy atom. The normalized spacial score (nSPS) is 9.41. The zero-order chi connectivity index (χ0) is 14.1. The first-order valence-corrected chi connectivity index (χ1v) is 5.73. The highest BCUT2D eigenvalue weighted by Crippen LogP contribution is 2.31. The van der Waals surface area contributed by atoms with E-state index in [2.05, 4.69) is 11.6 Å². The van der Waals surface area contributed by atoms with Gasteiger partial charge in [0, 0.05) is 11.9 Å². The lowest BCUT2D eigenvalue weighted by Crippen LogP contribution is -2.11. The summed E-state index contributed by atoms with van der Waals surface area (Å²) in [6.07, 6.45) is -2.98. The minimum Gasteiger partial charge on any atom is -0.294 e. The van der Waals surface area contributed by atoms with Crippen LogP contribution in [0.4, 0.5) is 13.2 Å². The second-order valence-corrected chi connectivity index (χ2v) is 2.60. The Bertz CT molecular complexity index is 335. The van der Waals surface area contributed by atoms with Gasteiger partial charge >= 0.3 is 6.18 Å². The van der Waals surface area contributed by atoms with Gasteiger partial charge in [-0.25, -0.2) is 0 Å². The SMILES string of the molecule is CC.CC(=O)c1ccccc1C(F)(F)F.CCl. The number of halogens is 4. The van der Waals surface area contributed by atoms with Crippen molar-refractivity contribution in [3.63, 3.8) is 0 Å². The third kappa shape index (κ3) is 6.31. The molecule has 0 spiro atoms. The summed E-state index contributed by atoms with van der Waals surface area (Å²) in [6, 6.07) is 4.74. The van der Waals surface area contributed by atoms with Crippen LogP contribution in [0, 0.1) is 0 Å². The summed E-state index contributed by atoms with van der Waals surface area (Å²) < 4.78 is 36.8. The van der Waals surface area contributed by atoms with Gasteiger partial charge < -0.3 is 0 Å². The van der Waals surface area contributed by atoms with E-state index in [1.165, 1.54) is 24.6 Å². The fourth-order valence-electron chi connectivity index (χ4n) is 1.04. The molecule has 0 radical (unpaired) electrons. The molecule has 0 heterocycles. The second kappa shape index (κ2) is 9.05. The minimum absolute atomic E-state index is 0.282. The van der Waals surface area contributed by atoms with Crippen molar-refractivity contribution in [1.29, 1.82) is 0 Å². The predicted octanol–water partition coefficient (Wildman–Crippen LogP) is 4.79. The van der Waals surface area contributed by atoms with Gasteiger partial charge in [-0.3, -0.25) is 4.79 Å². The highest BCUT2D eigenvalue weighted by atomic mass is 35.5. The lowest BCUT2D eigenvalue weighted by atomic mass is 10.0. The fraction of sp³-hybridized carbons (Fsp3) is 0.417. The van der Waals surface area contributed by atoms with Gasteiger partial charge in [0.25, 0.3) is 0 Å². The molecule has 0 fully saturated rings. The van der Waals surface area contributed by atoms with Crippen LogP contribution >= 0.6 is 11.6 Å². The Morgan fingerprint density at radius 2 is 1.53 bits per heavy atom. The molecule has 0 N–H and O–H groups in total. The standard InChI is InChI=1S/C9H7F3O.C2H6.CH3Cl/c1-6(13)7-4-2-3-5-8(7)9(10,11)12;2*1-2/h2-5H,1H3;1-2H3;1H3. The van der Waals surface area contributed by atoms with Crippen molar-refractivity contribution in [2.45, 2.75) is 26.9 Å². The van der Waals surface area contributed by atoms with Crippen LogP contribution < -0.4 is 0 Å². The molecular weight excluding hydrogens is 253 g/mol. The first kappa shape index (κ1) is 18.3. The molecule has 0 saturated carbocycles. The molecule has 1 rings (SSSR count). The van der Waals surface area contributed by atoms with E-state index in [9.17, 15) is 18.0 Å². The number of hydrogen-bond donors (Lipinski definition) is 0. The topological polar surface area (TPSA) is 17.1 Å². The molecule has 0 bridgehead atoms. The van der Waals surface area contributed by atoms with Crippen LogP contribution in [0.3, 0.4) is 0 Å².